The molecule has 0 radical (unpaired) electrons. The van der Waals surface area contributed by atoms with Crippen LogP contribution in [-0.4, -0.2) is 30.9 Å². The summed E-state index contributed by atoms with van der Waals surface area (Å²) in [7, 11) is 0. The molecular formula is C22H23BrN2O4. The van der Waals surface area contributed by atoms with Crippen LogP contribution in [0.3, 0.4) is 0 Å². The highest BCUT2D eigenvalue weighted by molar-refractivity contribution is 9.10. The number of anilines is 2. The fourth-order valence-electron chi connectivity index (χ4n) is 3.37. The number of aryl methyl sites for hydroxylation is 2. The largest absolute Gasteiger partial charge is 0.455 e. The average Bonchev–Trinajstić information content (AvgIpc) is 3.10. The Morgan fingerprint density at radius 3 is 2.62 bits per heavy atom. The fourth-order valence-corrected chi connectivity index (χ4v) is 3.63. The van der Waals surface area contributed by atoms with Crippen molar-refractivity contribution in [3.05, 3.63) is 58.1 Å². The number of halogens is 1. The number of para-hydroxylation sites is 1. The number of amides is 2. The van der Waals surface area contributed by atoms with Crippen molar-refractivity contribution in [2.45, 2.75) is 26.7 Å². The molecule has 0 aliphatic carbocycles. The molecule has 0 bridgehead atoms. The first kappa shape index (κ1) is 21.0. The van der Waals surface area contributed by atoms with E-state index in [0.29, 0.717) is 0 Å². The molecule has 0 saturated carbocycles. The van der Waals surface area contributed by atoms with Crippen LogP contribution in [0.25, 0.3) is 0 Å². The lowest BCUT2D eigenvalue weighted by Gasteiger charge is -2.16. The first-order valence-corrected chi connectivity index (χ1v) is 10.3. The van der Waals surface area contributed by atoms with Crippen LogP contribution in [-0.2, 0) is 25.5 Å². The second-order valence-corrected chi connectivity index (χ2v) is 7.92. The maximum atomic E-state index is 12.4. The lowest BCUT2D eigenvalue weighted by molar-refractivity contribution is -0.151. The Bertz CT molecular complexity index is 927. The molecule has 2 amide bonds. The van der Waals surface area contributed by atoms with Crippen LogP contribution in [0.15, 0.2) is 46.9 Å². The summed E-state index contributed by atoms with van der Waals surface area (Å²) in [6, 6.07) is 13.1. The number of hydrogen-bond donors (Lipinski definition) is 1. The third-order valence-corrected chi connectivity index (χ3v) is 5.48. The molecule has 0 unspecified atom stereocenters. The Kier molecular flexibility index (Phi) is 6.69. The van der Waals surface area contributed by atoms with Crippen LogP contribution in [0.4, 0.5) is 11.4 Å². The number of carbonyl (C=O) groups is 3. The topological polar surface area (TPSA) is 75.7 Å². The van der Waals surface area contributed by atoms with Gasteiger partial charge in [0, 0.05) is 28.8 Å². The summed E-state index contributed by atoms with van der Waals surface area (Å²) in [6.07, 6.45) is 0.863. The highest BCUT2D eigenvalue weighted by Gasteiger charge is 2.36. The van der Waals surface area contributed by atoms with Gasteiger partial charge in [-0.1, -0.05) is 41.1 Å². The Labute approximate surface area is 178 Å². The van der Waals surface area contributed by atoms with Crippen LogP contribution in [0.2, 0.25) is 0 Å². The van der Waals surface area contributed by atoms with E-state index in [4.69, 9.17) is 4.74 Å². The van der Waals surface area contributed by atoms with Gasteiger partial charge in [-0.25, -0.2) is 0 Å². The van der Waals surface area contributed by atoms with E-state index in [1.165, 1.54) is 0 Å². The van der Waals surface area contributed by atoms with Gasteiger partial charge >= 0.3 is 5.97 Å². The first-order chi connectivity index (χ1) is 13.9. The number of rotatable bonds is 6. The van der Waals surface area contributed by atoms with Gasteiger partial charge in [0.15, 0.2) is 6.61 Å². The third-order valence-electron chi connectivity index (χ3n) is 4.95. The van der Waals surface area contributed by atoms with E-state index in [9.17, 15) is 14.4 Å². The molecule has 1 fully saturated rings. The van der Waals surface area contributed by atoms with E-state index in [2.05, 4.69) is 21.2 Å². The number of esters is 1. The number of hydrogen-bond acceptors (Lipinski definition) is 4. The van der Waals surface area contributed by atoms with Crippen molar-refractivity contribution in [3.8, 4) is 0 Å². The number of carbonyl (C=O) groups excluding carboxylic acids is 3. The second kappa shape index (κ2) is 9.22. The smallest absolute Gasteiger partial charge is 0.311 e. The highest BCUT2D eigenvalue weighted by Crippen LogP contribution is 2.27. The van der Waals surface area contributed by atoms with Crippen LogP contribution < -0.4 is 10.2 Å². The molecule has 0 aromatic heterocycles. The minimum absolute atomic E-state index is 0.0777. The van der Waals surface area contributed by atoms with E-state index in [1.807, 2.05) is 56.3 Å². The summed E-state index contributed by atoms with van der Waals surface area (Å²) >= 11 is 3.36. The molecule has 1 atom stereocenters. The molecule has 6 nitrogen and oxygen atoms in total. The number of nitrogens with zero attached hydrogens (tertiary/aromatic N) is 1. The normalized spacial score (nSPS) is 16.0. The maximum absolute atomic E-state index is 12.4. The van der Waals surface area contributed by atoms with E-state index in [0.717, 1.165) is 33.4 Å². The van der Waals surface area contributed by atoms with Gasteiger partial charge in [0.2, 0.25) is 5.91 Å². The number of ether oxygens (including phenoxy) is 1. The molecule has 1 saturated heterocycles. The molecule has 7 heteroatoms. The van der Waals surface area contributed by atoms with E-state index < -0.39 is 17.8 Å². The third kappa shape index (κ3) is 5.03. The zero-order valence-electron chi connectivity index (χ0n) is 16.4. The Morgan fingerprint density at radius 1 is 1.21 bits per heavy atom. The first-order valence-electron chi connectivity index (χ1n) is 9.50. The zero-order valence-corrected chi connectivity index (χ0v) is 18.0. The molecule has 2 aromatic carbocycles. The van der Waals surface area contributed by atoms with Crippen LogP contribution in [0, 0.1) is 12.8 Å². The minimum atomic E-state index is -0.580. The van der Waals surface area contributed by atoms with Crippen molar-refractivity contribution in [2.24, 2.45) is 5.92 Å². The lowest BCUT2D eigenvalue weighted by Crippen LogP contribution is -2.28. The molecule has 1 aliphatic heterocycles. The summed E-state index contributed by atoms with van der Waals surface area (Å²) in [6.45, 7) is 3.80. The summed E-state index contributed by atoms with van der Waals surface area (Å²) in [5, 5.41) is 2.83. The second-order valence-electron chi connectivity index (χ2n) is 7.00. The van der Waals surface area contributed by atoms with Gasteiger partial charge in [-0.05, 0) is 48.7 Å². The molecule has 152 valence electrons. The Hall–Kier alpha value is -2.67. The van der Waals surface area contributed by atoms with Crippen molar-refractivity contribution >= 4 is 45.1 Å². The molecule has 2 aromatic rings. The summed E-state index contributed by atoms with van der Waals surface area (Å²) < 4.78 is 6.10. The summed E-state index contributed by atoms with van der Waals surface area (Å²) in [5.74, 6) is -1.64. The van der Waals surface area contributed by atoms with Crippen LogP contribution >= 0.6 is 15.9 Å². The summed E-state index contributed by atoms with van der Waals surface area (Å²) in [4.78, 5) is 38.5. The summed E-state index contributed by atoms with van der Waals surface area (Å²) in [5.41, 5.74) is 3.47. The van der Waals surface area contributed by atoms with E-state index in [1.54, 1.807) is 4.90 Å². The molecule has 1 heterocycles. The van der Waals surface area contributed by atoms with E-state index >= 15 is 0 Å². The molecule has 1 aliphatic rings. The molecule has 1 N–H and O–H groups in total. The van der Waals surface area contributed by atoms with Crippen molar-refractivity contribution in [1.29, 1.82) is 0 Å². The SMILES string of the molecule is CCc1cccc(C)c1NC(=O)COC(=O)[C@H]1CC(=O)N(c2ccc(Br)cc2)C1. The predicted molar refractivity (Wildman–Crippen MR) is 115 cm³/mol. The predicted octanol–water partition coefficient (Wildman–Crippen LogP) is 3.85. The number of nitrogens with one attached hydrogen (secondary N) is 1. The Balaban J connectivity index is 1.55. The quantitative estimate of drug-likeness (QED) is 0.666. The fraction of sp³-hybridized carbons (Fsp3) is 0.318. The van der Waals surface area contributed by atoms with Crippen LogP contribution in [0.1, 0.15) is 24.5 Å². The van der Waals surface area contributed by atoms with Gasteiger partial charge in [-0.15, -0.1) is 0 Å². The lowest BCUT2D eigenvalue weighted by atomic mass is 10.1. The van der Waals surface area contributed by atoms with Gasteiger partial charge in [0.25, 0.3) is 5.91 Å². The Morgan fingerprint density at radius 2 is 1.93 bits per heavy atom. The molecule has 3 rings (SSSR count). The van der Waals surface area contributed by atoms with Gasteiger partial charge in [0.05, 0.1) is 5.92 Å². The monoisotopic (exact) mass is 458 g/mol. The minimum Gasteiger partial charge on any atom is -0.455 e. The number of benzene rings is 2. The zero-order chi connectivity index (χ0) is 21.0. The van der Waals surface area contributed by atoms with Gasteiger partial charge in [-0.3, -0.25) is 14.4 Å². The molecule has 29 heavy (non-hydrogen) atoms. The van der Waals surface area contributed by atoms with Gasteiger partial charge < -0.3 is 15.0 Å². The standard InChI is InChI=1S/C22H23BrN2O4/c1-3-15-6-4-5-14(2)21(15)24-19(26)13-29-22(28)16-11-20(27)25(12-16)18-9-7-17(23)8-10-18/h4-10,16H,3,11-13H2,1-2H3,(H,24,26)/t16-/m0/s1. The van der Waals surface area contributed by atoms with Crippen molar-refractivity contribution in [1.82, 2.24) is 0 Å². The van der Waals surface area contributed by atoms with Crippen LogP contribution in [0.5, 0.6) is 0 Å². The van der Waals surface area contributed by atoms with E-state index in [-0.39, 0.29) is 25.5 Å². The van der Waals surface area contributed by atoms with Gasteiger partial charge in [0.1, 0.15) is 0 Å². The van der Waals surface area contributed by atoms with Crippen molar-refractivity contribution in [3.63, 3.8) is 0 Å². The highest BCUT2D eigenvalue weighted by atomic mass is 79.9. The van der Waals surface area contributed by atoms with Gasteiger partial charge in [-0.2, -0.15) is 0 Å². The average molecular weight is 459 g/mol. The molecular weight excluding hydrogens is 436 g/mol. The van der Waals surface area contributed by atoms with Crippen molar-refractivity contribution in [2.75, 3.05) is 23.4 Å². The van der Waals surface area contributed by atoms with Crippen molar-refractivity contribution < 1.29 is 19.1 Å². The molecule has 0 spiro atoms. The maximum Gasteiger partial charge on any atom is 0.311 e.